The van der Waals surface area contributed by atoms with Gasteiger partial charge in [-0.2, -0.15) is 13.2 Å². The highest BCUT2D eigenvalue weighted by molar-refractivity contribution is 7.99. The molecule has 3 rings (SSSR count). The number of aliphatic hydroxyl groups is 1. The molecule has 0 bridgehead atoms. The summed E-state index contributed by atoms with van der Waals surface area (Å²) in [6.07, 6.45) is -2.94. The standard InChI is InChI=1S/C22H21F3O3S.C2H6/c1-28-20-5-3-2-4-17(20)21-18(26)12-14(13-19(21)27)10-11-29-16-8-6-15(7-9-16)22(23,24)25;1-2/h2-9,14,26H,10-13H2,1H3;1-2H3. The van der Waals surface area contributed by atoms with Crippen LogP contribution in [0.5, 0.6) is 5.75 Å². The van der Waals surface area contributed by atoms with Crippen LogP contribution in [0.4, 0.5) is 13.2 Å². The Bertz CT molecular complexity index is 905. The molecule has 2 aromatic carbocycles. The maximum atomic E-state index is 12.7. The first kappa shape index (κ1) is 24.9. The Labute approximate surface area is 185 Å². The van der Waals surface area contributed by atoms with Gasteiger partial charge in [-0.1, -0.05) is 32.0 Å². The second kappa shape index (κ2) is 11.3. The minimum absolute atomic E-state index is 0.00269. The second-order valence-electron chi connectivity index (χ2n) is 6.88. The average molecular weight is 453 g/mol. The van der Waals surface area contributed by atoms with Crippen LogP contribution in [0.25, 0.3) is 5.57 Å². The van der Waals surface area contributed by atoms with Crippen molar-refractivity contribution < 1.29 is 27.8 Å². The van der Waals surface area contributed by atoms with E-state index in [0.29, 0.717) is 41.9 Å². The van der Waals surface area contributed by atoms with Crippen molar-refractivity contribution in [2.24, 2.45) is 5.92 Å². The van der Waals surface area contributed by atoms with Crippen molar-refractivity contribution in [1.29, 1.82) is 0 Å². The molecule has 7 heteroatoms. The van der Waals surface area contributed by atoms with Crippen molar-refractivity contribution >= 4 is 23.1 Å². The minimum Gasteiger partial charge on any atom is -0.512 e. The Morgan fingerprint density at radius 2 is 1.71 bits per heavy atom. The molecule has 1 aliphatic carbocycles. The summed E-state index contributed by atoms with van der Waals surface area (Å²) in [5, 5.41) is 10.5. The van der Waals surface area contributed by atoms with E-state index < -0.39 is 11.7 Å². The summed E-state index contributed by atoms with van der Waals surface area (Å²) in [7, 11) is 1.52. The lowest BCUT2D eigenvalue weighted by Gasteiger charge is -2.24. The highest BCUT2D eigenvalue weighted by Crippen LogP contribution is 2.38. The molecule has 0 saturated carbocycles. The number of alkyl halides is 3. The van der Waals surface area contributed by atoms with Crippen LogP contribution in [0.2, 0.25) is 0 Å². The van der Waals surface area contributed by atoms with Crippen molar-refractivity contribution in [3.63, 3.8) is 0 Å². The molecule has 0 spiro atoms. The molecule has 2 aromatic rings. The summed E-state index contributed by atoms with van der Waals surface area (Å²) in [4.78, 5) is 13.4. The third kappa shape index (κ3) is 6.53. The van der Waals surface area contributed by atoms with Gasteiger partial charge in [0.15, 0.2) is 5.78 Å². The Balaban J connectivity index is 0.00000166. The summed E-state index contributed by atoms with van der Waals surface area (Å²) in [5.74, 6) is 1.14. The number of benzene rings is 2. The van der Waals surface area contributed by atoms with Crippen molar-refractivity contribution in [3.8, 4) is 5.75 Å². The van der Waals surface area contributed by atoms with Gasteiger partial charge >= 0.3 is 6.18 Å². The number of methoxy groups -OCH3 is 1. The number of rotatable bonds is 6. The van der Waals surface area contributed by atoms with Gasteiger partial charge in [-0.3, -0.25) is 4.79 Å². The van der Waals surface area contributed by atoms with Crippen molar-refractivity contribution in [1.82, 2.24) is 0 Å². The van der Waals surface area contributed by atoms with Gasteiger partial charge in [0, 0.05) is 23.3 Å². The number of ketones is 1. The number of thioether (sulfide) groups is 1. The van der Waals surface area contributed by atoms with E-state index in [2.05, 4.69) is 0 Å². The number of carbonyl (C=O) groups excluding carboxylic acids is 1. The number of hydrogen-bond acceptors (Lipinski definition) is 4. The molecule has 0 aromatic heterocycles. The van der Waals surface area contributed by atoms with Crippen LogP contribution in [0.1, 0.15) is 44.2 Å². The molecule has 0 fully saturated rings. The van der Waals surface area contributed by atoms with E-state index in [-0.39, 0.29) is 17.5 Å². The first-order chi connectivity index (χ1) is 14.8. The van der Waals surface area contributed by atoms with Crippen LogP contribution >= 0.6 is 11.8 Å². The molecular formula is C24H27F3O3S. The fraction of sp³-hybridized carbons (Fsp3) is 0.375. The molecule has 0 heterocycles. The number of hydrogen-bond donors (Lipinski definition) is 1. The minimum atomic E-state index is -4.34. The summed E-state index contributed by atoms with van der Waals surface area (Å²) >= 11 is 1.44. The zero-order valence-electron chi connectivity index (χ0n) is 17.8. The quantitative estimate of drug-likeness (QED) is 0.472. The summed E-state index contributed by atoms with van der Waals surface area (Å²) in [6, 6.07) is 12.1. The van der Waals surface area contributed by atoms with Crippen LogP contribution < -0.4 is 4.74 Å². The van der Waals surface area contributed by atoms with Gasteiger partial charge in [-0.15, -0.1) is 11.8 Å². The van der Waals surface area contributed by atoms with E-state index in [1.807, 2.05) is 13.8 Å². The van der Waals surface area contributed by atoms with Crippen molar-refractivity contribution in [2.75, 3.05) is 12.9 Å². The Morgan fingerprint density at radius 3 is 2.29 bits per heavy atom. The number of allylic oxidation sites excluding steroid dienone is 2. The lowest BCUT2D eigenvalue weighted by Crippen LogP contribution is -2.19. The molecular weight excluding hydrogens is 425 g/mol. The third-order valence-electron chi connectivity index (χ3n) is 4.88. The number of aliphatic hydroxyl groups excluding tert-OH is 1. The zero-order valence-corrected chi connectivity index (χ0v) is 18.6. The van der Waals surface area contributed by atoms with Gasteiger partial charge < -0.3 is 9.84 Å². The van der Waals surface area contributed by atoms with Gasteiger partial charge in [-0.05, 0) is 48.4 Å². The lowest BCUT2D eigenvalue weighted by molar-refractivity contribution is -0.137. The second-order valence-corrected chi connectivity index (χ2v) is 8.05. The first-order valence-electron chi connectivity index (χ1n) is 10.2. The molecule has 168 valence electrons. The SMILES string of the molecule is CC.COc1ccccc1C1=C(O)CC(CCSc2ccc(C(F)(F)F)cc2)CC1=O. The van der Waals surface area contributed by atoms with E-state index in [1.54, 1.807) is 24.3 Å². The smallest absolute Gasteiger partial charge is 0.416 e. The number of ether oxygens (including phenoxy) is 1. The van der Waals surface area contributed by atoms with Crippen LogP contribution in [0.15, 0.2) is 59.2 Å². The predicted octanol–water partition coefficient (Wildman–Crippen LogP) is 7.17. The highest BCUT2D eigenvalue weighted by atomic mass is 32.2. The third-order valence-corrected chi connectivity index (χ3v) is 5.92. The predicted molar refractivity (Wildman–Crippen MR) is 118 cm³/mol. The molecule has 0 aliphatic heterocycles. The molecule has 1 N–H and O–H groups in total. The van der Waals surface area contributed by atoms with Crippen molar-refractivity contribution in [2.45, 2.75) is 44.2 Å². The van der Waals surface area contributed by atoms with E-state index >= 15 is 0 Å². The molecule has 1 unspecified atom stereocenters. The molecule has 1 atom stereocenters. The van der Waals surface area contributed by atoms with E-state index in [0.717, 1.165) is 17.0 Å². The largest absolute Gasteiger partial charge is 0.512 e. The monoisotopic (exact) mass is 452 g/mol. The summed E-state index contributed by atoms with van der Waals surface area (Å²) in [6.45, 7) is 4.00. The maximum absolute atomic E-state index is 12.7. The van der Waals surface area contributed by atoms with E-state index in [9.17, 15) is 23.1 Å². The van der Waals surface area contributed by atoms with E-state index in [4.69, 9.17) is 4.74 Å². The van der Waals surface area contributed by atoms with Crippen LogP contribution in [-0.2, 0) is 11.0 Å². The first-order valence-corrected chi connectivity index (χ1v) is 11.2. The fourth-order valence-corrected chi connectivity index (χ4v) is 4.43. The van der Waals surface area contributed by atoms with Gasteiger partial charge in [0.1, 0.15) is 11.5 Å². The summed E-state index contributed by atoms with van der Waals surface area (Å²) in [5.41, 5.74) is 0.239. The number of carbonyl (C=O) groups is 1. The van der Waals surface area contributed by atoms with Crippen LogP contribution in [0.3, 0.4) is 0 Å². The number of para-hydroxylation sites is 1. The van der Waals surface area contributed by atoms with Crippen LogP contribution in [-0.4, -0.2) is 23.8 Å². The van der Waals surface area contributed by atoms with Crippen molar-refractivity contribution in [3.05, 3.63) is 65.4 Å². The maximum Gasteiger partial charge on any atom is 0.416 e. The number of halogens is 3. The van der Waals surface area contributed by atoms with Crippen LogP contribution in [0, 0.1) is 5.92 Å². The van der Waals surface area contributed by atoms with Gasteiger partial charge in [0.25, 0.3) is 0 Å². The van der Waals surface area contributed by atoms with Gasteiger partial charge in [-0.25, -0.2) is 0 Å². The highest BCUT2D eigenvalue weighted by Gasteiger charge is 2.31. The average Bonchev–Trinajstić information content (AvgIpc) is 2.75. The molecule has 3 nitrogen and oxygen atoms in total. The fourth-order valence-electron chi connectivity index (χ4n) is 3.42. The zero-order chi connectivity index (χ0) is 23.0. The normalized spacial score (nSPS) is 16.6. The molecule has 0 saturated heterocycles. The topological polar surface area (TPSA) is 46.5 Å². The van der Waals surface area contributed by atoms with E-state index in [1.165, 1.54) is 31.0 Å². The summed E-state index contributed by atoms with van der Waals surface area (Å²) < 4.78 is 43.1. The van der Waals surface area contributed by atoms with Gasteiger partial charge in [0.05, 0.1) is 18.2 Å². The Morgan fingerprint density at radius 1 is 1.06 bits per heavy atom. The lowest BCUT2D eigenvalue weighted by atomic mass is 9.83. The molecule has 0 radical (unpaired) electrons. The van der Waals surface area contributed by atoms with Gasteiger partial charge in [0.2, 0.25) is 0 Å². The Hall–Kier alpha value is -2.41. The number of Topliss-reactive ketones (excluding diaryl/α,β-unsaturated/α-hetero) is 1. The molecule has 0 amide bonds. The Kier molecular flexibility index (Phi) is 9.04. The molecule has 31 heavy (non-hydrogen) atoms. The molecule has 1 aliphatic rings.